The summed E-state index contributed by atoms with van der Waals surface area (Å²) in [5.74, 6) is 0.694. The molecule has 1 aromatic carbocycles. The van der Waals surface area contributed by atoms with E-state index in [4.69, 9.17) is 4.98 Å². The van der Waals surface area contributed by atoms with Crippen molar-refractivity contribution in [3.63, 3.8) is 0 Å². The van der Waals surface area contributed by atoms with Crippen LogP contribution in [0.25, 0.3) is 11.0 Å². The molecule has 5 nitrogen and oxygen atoms in total. The fourth-order valence-corrected chi connectivity index (χ4v) is 4.01. The topological polar surface area (TPSA) is 56.8 Å². The molecule has 2 N–H and O–H groups in total. The van der Waals surface area contributed by atoms with Crippen molar-refractivity contribution in [2.24, 2.45) is 0 Å². The van der Waals surface area contributed by atoms with Crippen LogP contribution >= 0.6 is 11.3 Å². The Bertz CT molecular complexity index is 842. The van der Waals surface area contributed by atoms with Crippen LogP contribution in [0.2, 0.25) is 0 Å². The van der Waals surface area contributed by atoms with E-state index in [0.29, 0.717) is 0 Å². The molecule has 4 rings (SSSR count). The molecule has 0 amide bonds. The molecule has 0 bridgehead atoms. The van der Waals surface area contributed by atoms with Crippen molar-refractivity contribution in [3.8, 4) is 0 Å². The highest BCUT2D eigenvalue weighted by molar-refractivity contribution is 7.13. The summed E-state index contributed by atoms with van der Waals surface area (Å²) < 4.78 is 13.4. The third-order valence-corrected chi connectivity index (χ3v) is 5.43. The molecular weight excluding hydrogens is 325 g/mol. The molecular formula is C17H20FN5S. The molecule has 126 valence electrons. The molecule has 2 aromatic heterocycles. The van der Waals surface area contributed by atoms with E-state index in [1.807, 2.05) is 7.05 Å². The highest BCUT2D eigenvalue weighted by Crippen LogP contribution is 2.32. The number of thiazole rings is 1. The van der Waals surface area contributed by atoms with Gasteiger partial charge in [0.05, 0.1) is 22.8 Å². The molecule has 7 heteroatoms. The quantitative estimate of drug-likeness (QED) is 0.752. The van der Waals surface area contributed by atoms with E-state index in [1.54, 1.807) is 17.4 Å². The first-order chi connectivity index (χ1) is 11.7. The highest BCUT2D eigenvalue weighted by Gasteiger charge is 2.27. The van der Waals surface area contributed by atoms with Gasteiger partial charge in [0.25, 0.3) is 0 Å². The summed E-state index contributed by atoms with van der Waals surface area (Å²) in [6.07, 6.45) is 3.44. The van der Waals surface area contributed by atoms with Gasteiger partial charge < -0.3 is 10.3 Å². The van der Waals surface area contributed by atoms with Gasteiger partial charge in [-0.25, -0.2) is 14.4 Å². The van der Waals surface area contributed by atoms with Crippen molar-refractivity contribution >= 4 is 27.5 Å². The number of hydrogen-bond acceptors (Lipinski definition) is 5. The van der Waals surface area contributed by atoms with Crippen LogP contribution < -0.4 is 5.32 Å². The number of benzene rings is 1. The number of likely N-dealkylation sites (tertiary alicyclic amines) is 1. The predicted molar refractivity (Wildman–Crippen MR) is 94.7 cm³/mol. The van der Waals surface area contributed by atoms with Crippen LogP contribution in [0.4, 0.5) is 9.52 Å². The van der Waals surface area contributed by atoms with E-state index in [-0.39, 0.29) is 11.9 Å². The van der Waals surface area contributed by atoms with E-state index in [9.17, 15) is 4.39 Å². The fourth-order valence-electron chi connectivity index (χ4n) is 3.35. The first kappa shape index (κ1) is 15.5. The minimum absolute atomic E-state index is 0.231. The number of nitrogens with one attached hydrogen (secondary N) is 2. The van der Waals surface area contributed by atoms with Crippen LogP contribution in [-0.2, 0) is 6.54 Å². The SMILES string of the molecule is CNc1nc(CN2CCCCC2c2nc3ccc(F)cc3[nH]2)cs1. The van der Waals surface area contributed by atoms with E-state index in [1.165, 1.54) is 25.0 Å². The highest BCUT2D eigenvalue weighted by atomic mass is 32.1. The zero-order valence-corrected chi connectivity index (χ0v) is 14.4. The van der Waals surface area contributed by atoms with Gasteiger partial charge in [-0.2, -0.15) is 0 Å². The Labute approximate surface area is 143 Å². The van der Waals surface area contributed by atoms with Gasteiger partial charge >= 0.3 is 0 Å². The van der Waals surface area contributed by atoms with E-state index >= 15 is 0 Å². The molecule has 1 unspecified atom stereocenters. The fraction of sp³-hybridized carbons (Fsp3) is 0.412. The number of aromatic nitrogens is 3. The summed E-state index contributed by atoms with van der Waals surface area (Å²) >= 11 is 1.63. The standard InChI is InChI=1S/C17H20FN5S/c1-19-17-20-12(10-24-17)9-23-7-3-2-4-15(23)16-21-13-6-5-11(18)8-14(13)22-16/h5-6,8,10,15H,2-4,7,9H2,1H3,(H,19,20)(H,21,22). The number of aromatic amines is 1. The normalized spacial score (nSPS) is 19.0. The summed E-state index contributed by atoms with van der Waals surface area (Å²) in [7, 11) is 1.89. The van der Waals surface area contributed by atoms with Gasteiger partial charge in [0.15, 0.2) is 5.13 Å². The Kier molecular flexibility index (Phi) is 4.20. The van der Waals surface area contributed by atoms with Crippen LogP contribution in [0.15, 0.2) is 23.6 Å². The van der Waals surface area contributed by atoms with Crippen molar-refractivity contribution in [3.05, 3.63) is 40.9 Å². The van der Waals surface area contributed by atoms with Crippen molar-refractivity contribution in [2.45, 2.75) is 31.8 Å². The molecule has 1 fully saturated rings. The number of halogens is 1. The molecule has 1 saturated heterocycles. The average Bonchev–Trinajstić information content (AvgIpc) is 3.21. The molecule has 3 heterocycles. The molecule has 24 heavy (non-hydrogen) atoms. The second-order valence-electron chi connectivity index (χ2n) is 6.16. The number of hydrogen-bond donors (Lipinski definition) is 2. The third-order valence-electron chi connectivity index (χ3n) is 4.52. The van der Waals surface area contributed by atoms with E-state index in [2.05, 4.69) is 25.6 Å². The van der Waals surface area contributed by atoms with Crippen LogP contribution in [-0.4, -0.2) is 33.4 Å². The minimum Gasteiger partial charge on any atom is -0.365 e. The van der Waals surface area contributed by atoms with Crippen LogP contribution in [0.3, 0.4) is 0 Å². The maximum absolute atomic E-state index is 13.4. The Balaban J connectivity index is 1.60. The zero-order valence-electron chi connectivity index (χ0n) is 13.6. The molecule has 1 aliphatic heterocycles. The number of piperidine rings is 1. The Hall–Kier alpha value is -1.99. The van der Waals surface area contributed by atoms with Crippen molar-refractivity contribution < 1.29 is 4.39 Å². The summed E-state index contributed by atoms with van der Waals surface area (Å²) in [4.78, 5) is 15.0. The number of rotatable bonds is 4. The summed E-state index contributed by atoms with van der Waals surface area (Å²) in [5, 5.41) is 6.13. The predicted octanol–water partition coefficient (Wildman–Crippen LogP) is 3.93. The first-order valence-corrected chi connectivity index (χ1v) is 9.12. The Morgan fingerprint density at radius 1 is 1.38 bits per heavy atom. The molecule has 1 aliphatic rings. The van der Waals surface area contributed by atoms with Gasteiger partial charge in [-0.1, -0.05) is 6.42 Å². The van der Waals surface area contributed by atoms with Gasteiger partial charge in [-0.15, -0.1) is 11.3 Å². The minimum atomic E-state index is -0.236. The summed E-state index contributed by atoms with van der Waals surface area (Å²) in [6, 6.07) is 4.94. The van der Waals surface area contributed by atoms with Crippen LogP contribution in [0.1, 0.15) is 36.8 Å². The molecule has 3 aromatic rings. The van der Waals surface area contributed by atoms with Crippen molar-refractivity contribution in [2.75, 3.05) is 18.9 Å². The third kappa shape index (κ3) is 3.01. The lowest BCUT2D eigenvalue weighted by Crippen LogP contribution is -2.33. The summed E-state index contributed by atoms with van der Waals surface area (Å²) in [6.45, 7) is 1.84. The monoisotopic (exact) mass is 345 g/mol. The molecule has 0 saturated carbocycles. The van der Waals surface area contributed by atoms with Crippen LogP contribution in [0.5, 0.6) is 0 Å². The summed E-state index contributed by atoms with van der Waals surface area (Å²) in [5.41, 5.74) is 2.67. The van der Waals surface area contributed by atoms with E-state index < -0.39 is 0 Å². The number of nitrogens with zero attached hydrogens (tertiary/aromatic N) is 3. The number of H-pyrrole nitrogens is 1. The zero-order chi connectivity index (χ0) is 16.5. The number of anilines is 1. The maximum atomic E-state index is 13.4. The molecule has 0 radical (unpaired) electrons. The first-order valence-electron chi connectivity index (χ1n) is 8.24. The van der Waals surface area contributed by atoms with Crippen LogP contribution in [0, 0.1) is 5.82 Å². The number of imidazole rings is 1. The second kappa shape index (κ2) is 6.49. The Morgan fingerprint density at radius 2 is 2.29 bits per heavy atom. The van der Waals surface area contributed by atoms with Crippen molar-refractivity contribution in [1.82, 2.24) is 19.9 Å². The van der Waals surface area contributed by atoms with Gasteiger partial charge in [-0.05, 0) is 37.6 Å². The van der Waals surface area contributed by atoms with Gasteiger partial charge in [0.2, 0.25) is 0 Å². The number of fused-ring (bicyclic) bond motifs is 1. The largest absolute Gasteiger partial charge is 0.365 e. The maximum Gasteiger partial charge on any atom is 0.182 e. The van der Waals surface area contributed by atoms with Gasteiger partial charge in [0.1, 0.15) is 11.6 Å². The van der Waals surface area contributed by atoms with E-state index in [0.717, 1.165) is 47.2 Å². The lowest BCUT2D eigenvalue weighted by Gasteiger charge is -2.33. The lowest BCUT2D eigenvalue weighted by molar-refractivity contribution is 0.133. The lowest BCUT2D eigenvalue weighted by atomic mass is 10.0. The van der Waals surface area contributed by atoms with Gasteiger partial charge in [-0.3, -0.25) is 4.90 Å². The van der Waals surface area contributed by atoms with Crippen molar-refractivity contribution in [1.29, 1.82) is 0 Å². The smallest absolute Gasteiger partial charge is 0.182 e. The Morgan fingerprint density at radius 3 is 3.12 bits per heavy atom. The average molecular weight is 345 g/mol. The molecule has 1 atom stereocenters. The molecule has 0 spiro atoms. The second-order valence-corrected chi connectivity index (χ2v) is 7.02. The molecule has 0 aliphatic carbocycles. The van der Waals surface area contributed by atoms with Gasteiger partial charge in [0, 0.05) is 19.0 Å².